The summed E-state index contributed by atoms with van der Waals surface area (Å²) < 4.78 is 26.3. The van der Waals surface area contributed by atoms with Gasteiger partial charge in [-0.25, -0.2) is 9.37 Å². The number of nitrogens with zero attached hydrogens (tertiary/aromatic N) is 2. The topological polar surface area (TPSA) is 36.7 Å². The van der Waals surface area contributed by atoms with Crippen LogP contribution in [-0.4, -0.2) is 4.98 Å². The largest absolute Gasteiger partial charge is 0.225 e. The molecule has 2 rings (SSSR count). The van der Waals surface area contributed by atoms with E-state index in [0.29, 0.717) is 11.1 Å². The first kappa shape index (κ1) is 10.2. The number of halogens is 2. The van der Waals surface area contributed by atoms with E-state index in [2.05, 4.69) is 4.98 Å². The maximum atomic E-state index is 13.4. The van der Waals surface area contributed by atoms with Crippen molar-refractivity contribution in [3.8, 4) is 17.2 Å². The minimum atomic E-state index is -0.751. The summed E-state index contributed by atoms with van der Waals surface area (Å²) in [4.78, 5) is 3.20. The normalized spacial score (nSPS) is 9.81. The predicted molar refractivity (Wildman–Crippen MR) is 54.3 cm³/mol. The van der Waals surface area contributed by atoms with E-state index in [9.17, 15) is 8.78 Å². The van der Waals surface area contributed by atoms with Crippen LogP contribution in [0.15, 0.2) is 36.5 Å². The Hall–Kier alpha value is -2.28. The van der Waals surface area contributed by atoms with Gasteiger partial charge in [0.15, 0.2) is 0 Å². The molecule has 0 atom stereocenters. The van der Waals surface area contributed by atoms with Gasteiger partial charge in [0.2, 0.25) is 5.95 Å². The number of hydrogen-bond acceptors (Lipinski definition) is 2. The van der Waals surface area contributed by atoms with Crippen molar-refractivity contribution in [2.24, 2.45) is 0 Å². The van der Waals surface area contributed by atoms with E-state index in [4.69, 9.17) is 5.26 Å². The molecule has 0 N–H and O–H groups in total. The highest BCUT2D eigenvalue weighted by atomic mass is 19.1. The summed E-state index contributed by atoms with van der Waals surface area (Å²) in [7, 11) is 0. The SMILES string of the molecule is N#Cc1cccc(-c2cc(F)ncc2F)c1. The number of nitriles is 1. The Kier molecular flexibility index (Phi) is 2.61. The first-order valence-corrected chi connectivity index (χ1v) is 4.52. The smallest absolute Gasteiger partial charge is 0.213 e. The standard InChI is InChI=1S/C12H6F2N2/c13-11-7-16-12(14)5-10(11)9-3-1-2-8(4-9)6-15/h1-5,7H. The molecule has 1 aromatic carbocycles. The zero-order valence-electron chi connectivity index (χ0n) is 8.11. The van der Waals surface area contributed by atoms with Crippen LogP contribution in [0.2, 0.25) is 0 Å². The van der Waals surface area contributed by atoms with Crippen LogP contribution in [-0.2, 0) is 0 Å². The number of pyridine rings is 1. The van der Waals surface area contributed by atoms with E-state index >= 15 is 0 Å². The van der Waals surface area contributed by atoms with Crippen LogP contribution in [0.1, 0.15) is 5.56 Å². The summed E-state index contributed by atoms with van der Waals surface area (Å²) in [5, 5.41) is 8.70. The molecule has 0 amide bonds. The number of aromatic nitrogens is 1. The molecule has 78 valence electrons. The maximum absolute atomic E-state index is 13.4. The zero-order valence-corrected chi connectivity index (χ0v) is 8.11. The van der Waals surface area contributed by atoms with Crippen LogP contribution >= 0.6 is 0 Å². The minimum absolute atomic E-state index is 0.101. The maximum Gasteiger partial charge on any atom is 0.213 e. The van der Waals surface area contributed by atoms with Gasteiger partial charge in [-0.05, 0) is 17.7 Å². The second-order valence-electron chi connectivity index (χ2n) is 3.18. The van der Waals surface area contributed by atoms with Gasteiger partial charge in [-0.2, -0.15) is 9.65 Å². The Labute approximate surface area is 90.8 Å². The Bertz CT molecular complexity index is 573. The summed E-state index contributed by atoms with van der Waals surface area (Å²) in [6.07, 6.45) is 0.823. The summed E-state index contributed by atoms with van der Waals surface area (Å²) in [6.45, 7) is 0. The van der Waals surface area contributed by atoms with Gasteiger partial charge in [-0.1, -0.05) is 12.1 Å². The molecule has 0 bridgehead atoms. The molecule has 0 saturated carbocycles. The molecule has 0 fully saturated rings. The third-order valence-corrected chi connectivity index (χ3v) is 2.12. The predicted octanol–water partition coefficient (Wildman–Crippen LogP) is 2.90. The van der Waals surface area contributed by atoms with Gasteiger partial charge < -0.3 is 0 Å². The van der Waals surface area contributed by atoms with Gasteiger partial charge in [0, 0.05) is 11.6 Å². The lowest BCUT2D eigenvalue weighted by Gasteiger charge is -2.03. The Balaban J connectivity index is 2.58. The molecule has 2 nitrogen and oxygen atoms in total. The van der Waals surface area contributed by atoms with Crippen LogP contribution < -0.4 is 0 Å². The van der Waals surface area contributed by atoms with E-state index in [0.717, 1.165) is 12.3 Å². The van der Waals surface area contributed by atoms with Crippen LogP contribution in [0.4, 0.5) is 8.78 Å². The highest BCUT2D eigenvalue weighted by Gasteiger charge is 2.07. The van der Waals surface area contributed by atoms with Gasteiger partial charge in [-0.15, -0.1) is 0 Å². The first-order valence-electron chi connectivity index (χ1n) is 4.52. The van der Waals surface area contributed by atoms with Crippen molar-refractivity contribution in [3.05, 3.63) is 53.9 Å². The quantitative estimate of drug-likeness (QED) is 0.687. The lowest BCUT2D eigenvalue weighted by atomic mass is 10.0. The molecule has 0 unspecified atom stereocenters. The summed E-state index contributed by atoms with van der Waals surface area (Å²) in [5.41, 5.74) is 0.955. The molecule has 0 radical (unpaired) electrons. The zero-order chi connectivity index (χ0) is 11.5. The molecule has 4 heteroatoms. The van der Waals surface area contributed by atoms with Crippen molar-refractivity contribution in [2.75, 3.05) is 0 Å². The number of benzene rings is 1. The molecule has 1 aromatic heterocycles. The third kappa shape index (κ3) is 1.89. The molecule has 0 saturated heterocycles. The molecule has 0 spiro atoms. The van der Waals surface area contributed by atoms with Gasteiger partial charge >= 0.3 is 0 Å². The second kappa shape index (κ2) is 4.07. The summed E-state index contributed by atoms with van der Waals surface area (Å²) in [6, 6.07) is 9.27. The van der Waals surface area contributed by atoms with Crippen molar-refractivity contribution >= 4 is 0 Å². The average molecular weight is 216 g/mol. The van der Waals surface area contributed by atoms with E-state index in [-0.39, 0.29) is 5.56 Å². The lowest BCUT2D eigenvalue weighted by molar-refractivity contribution is 0.562. The van der Waals surface area contributed by atoms with Gasteiger partial charge in [0.1, 0.15) is 5.82 Å². The average Bonchev–Trinajstić information content (AvgIpc) is 2.32. The lowest BCUT2D eigenvalue weighted by Crippen LogP contribution is -1.90. The molecule has 16 heavy (non-hydrogen) atoms. The van der Waals surface area contributed by atoms with Crippen molar-refractivity contribution in [1.82, 2.24) is 4.98 Å². The second-order valence-corrected chi connectivity index (χ2v) is 3.18. The van der Waals surface area contributed by atoms with Gasteiger partial charge in [-0.3, -0.25) is 0 Å². The molecular formula is C12H6F2N2. The van der Waals surface area contributed by atoms with Crippen molar-refractivity contribution in [2.45, 2.75) is 0 Å². The molecular weight excluding hydrogens is 210 g/mol. The fourth-order valence-electron chi connectivity index (χ4n) is 1.39. The van der Waals surface area contributed by atoms with Crippen molar-refractivity contribution in [3.63, 3.8) is 0 Å². The number of hydrogen-bond donors (Lipinski definition) is 0. The summed E-state index contributed by atoms with van der Waals surface area (Å²) >= 11 is 0. The van der Waals surface area contributed by atoms with Crippen LogP contribution in [0.3, 0.4) is 0 Å². The van der Waals surface area contributed by atoms with Crippen LogP contribution in [0, 0.1) is 23.1 Å². The molecule has 0 aliphatic heterocycles. The molecule has 0 aliphatic rings. The minimum Gasteiger partial charge on any atom is -0.225 e. The van der Waals surface area contributed by atoms with E-state index in [1.54, 1.807) is 18.2 Å². The van der Waals surface area contributed by atoms with E-state index in [1.807, 2.05) is 6.07 Å². The highest BCUT2D eigenvalue weighted by molar-refractivity contribution is 5.65. The third-order valence-electron chi connectivity index (χ3n) is 2.12. The fraction of sp³-hybridized carbons (Fsp3) is 0. The van der Waals surface area contributed by atoms with Gasteiger partial charge in [0.25, 0.3) is 0 Å². The fourth-order valence-corrected chi connectivity index (χ4v) is 1.39. The first-order chi connectivity index (χ1) is 7.70. The van der Waals surface area contributed by atoms with Crippen LogP contribution in [0.5, 0.6) is 0 Å². The van der Waals surface area contributed by atoms with E-state index in [1.165, 1.54) is 6.07 Å². The van der Waals surface area contributed by atoms with Crippen molar-refractivity contribution < 1.29 is 8.78 Å². The Morgan fingerprint density at radius 2 is 2.00 bits per heavy atom. The van der Waals surface area contributed by atoms with Crippen molar-refractivity contribution in [1.29, 1.82) is 5.26 Å². The van der Waals surface area contributed by atoms with Crippen LogP contribution in [0.25, 0.3) is 11.1 Å². The Morgan fingerprint density at radius 3 is 2.75 bits per heavy atom. The molecule has 1 heterocycles. The van der Waals surface area contributed by atoms with Gasteiger partial charge in [0.05, 0.1) is 17.8 Å². The summed E-state index contributed by atoms with van der Waals surface area (Å²) in [5.74, 6) is -1.37. The molecule has 2 aromatic rings. The molecule has 0 aliphatic carbocycles. The number of rotatable bonds is 1. The van der Waals surface area contributed by atoms with E-state index < -0.39 is 11.8 Å². The Morgan fingerprint density at radius 1 is 1.19 bits per heavy atom. The monoisotopic (exact) mass is 216 g/mol. The highest BCUT2D eigenvalue weighted by Crippen LogP contribution is 2.23.